The molecular weight excluding hydrogens is 411 g/mol. The van der Waals surface area contributed by atoms with Crippen LogP contribution in [0, 0.1) is 5.82 Å². The molecule has 0 aromatic heterocycles. The first-order valence-corrected chi connectivity index (χ1v) is 10.2. The van der Waals surface area contributed by atoms with Crippen LogP contribution in [0.2, 0.25) is 5.02 Å². The normalized spacial score (nSPS) is 15.2. The van der Waals surface area contributed by atoms with E-state index in [1.807, 2.05) is 0 Å². The fourth-order valence-corrected chi connectivity index (χ4v) is 4.40. The molecule has 1 amide bonds. The summed E-state index contributed by atoms with van der Waals surface area (Å²) in [6, 6.07) is 9.41. The van der Waals surface area contributed by atoms with Gasteiger partial charge >= 0.3 is 0 Å². The summed E-state index contributed by atoms with van der Waals surface area (Å²) in [6.07, 6.45) is 0. The smallest absolute Gasteiger partial charge is 0.262 e. The lowest BCUT2D eigenvalue weighted by Gasteiger charge is -2.26. The molecule has 2 aromatic carbocycles. The van der Waals surface area contributed by atoms with Gasteiger partial charge in [0.15, 0.2) is 6.61 Å². The number of rotatable bonds is 6. The van der Waals surface area contributed by atoms with Gasteiger partial charge in [0.2, 0.25) is 10.0 Å². The van der Waals surface area contributed by atoms with Crippen LogP contribution in [0.15, 0.2) is 47.4 Å². The molecule has 1 aliphatic rings. The second-order valence-electron chi connectivity index (χ2n) is 5.95. The monoisotopic (exact) mass is 428 g/mol. The minimum Gasteiger partial charge on any atom is -0.482 e. The van der Waals surface area contributed by atoms with Crippen LogP contribution < -0.4 is 10.1 Å². The highest BCUT2D eigenvalue weighted by Crippen LogP contribution is 2.30. The molecule has 10 heteroatoms. The highest BCUT2D eigenvalue weighted by atomic mass is 35.5. The van der Waals surface area contributed by atoms with E-state index >= 15 is 0 Å². The van der Waals surface area contributed by atoms with Crippen LogP contribution in [0.5, 0.6) is 5.75 Å². The molecule has 1 saturated heterocycles. The highest BCUT2D eigenvalue weighted by molar-refractivity contribution is 7.89. The number of ether oxygens (including phenoxy) is 2. The number of nitrogens with one attached hydrogen (secondary N) is 1. The van der Waals surface area contributed by atoms with Crippen LogP contribution in [0.1, 0.15) is 0 Å². The largest absolute Gasteiger partial charge is 0.482 e. The molecule has 0 bridgehead atoms. The number of sulfonamides is 1. The van der Waals surface area contributed by atoms with E-state index in [0.29, 0.717) is 18.9 Å². The molecular formula is C18H18ClFN2O5S. The molecule has 0 unspecified atom stereocenters. The third kappa shape index (κ3) is 4.99. The van der Waals surface area contributed by atoms with Gasteiger partial charge in [0.25, 0.3) is 5.91 Å². The third-order valence-corrected chi connectivity index (χ3v) is 6.14. The van der Waals surface area contributed by atoms with Crippen molar-refractivity contribution in [2.24, 2.45) is 0 Å². The number of carbonyl (C=O) groups is 1. The van der Waals surface area contributed by atoms with E-state index < -0.39 is 28.4 Å². The standard InChI is InChI=1S/C18H18ClFN2O5S/c19-13-1-6-16(17(11-13)28(24,25)22-7-9-26-10-8-22)27-12-18(23)21-15-4-2-14(20)3-5-15/h1-6,11H,7-10,12H2,(H,21,23). The first-order chi connectivity index (χ1) is 13.4. The Kier molecular flexibility index (Phi) is 6.50. The number of hydrogen-bond acceptors (Lipinski definition) is 5. The van der Waals surface area contributed by atoms with Crippen molar-refractivity contribution in [1.82, 2.24) is 4.31 Å². The summed E-state index contributed by atoms with van der Waals surface area (Å²) in [5, 5.41) is 2.77. The number of amides is 1. The predicted molar refractivity (Wildman–Crippen MR) is 102 cm³/mol. The summed E-state index contributed by atoms with van der Waals surface area (Å²) in [5.74, 6) is -0.921. The van der Waals surface area contributed by atoms with E-state index in [1.54, 1.807) is 0 Å². The molecule has 1 heterocycles. The van der Waals surface area contributed by atoms with E-state index in [0.717, 1.165) is 0 Å². The number of halogens is 2. The van der Waals surface area contributed by atoms with Gasteiger partial charge in [0, 0.05) is 23.8 Å². The van der Waals surface area contributed by atoms with Gasteiger partial charge in [-0.25, -0.2) is 12.8 Å². The maximum atomic E-state index is 12.9. The van der Waals surface area contributed by atoms with Crippen LogP contribution >= 0.6 is 11.6 Å². The second-order valence-corrected chi connectivity index (χ2v) is 8.29. The molecule has 0 aliphatic carbocycles. The van der Waals surface area contributed by atoms with Crippen LogP contribution in [-0.4, -0.2) is 51.5 Å². The van der Waals surface area contributed by atoms with Crippen molar-refractivity contribution < 1.29 is 27.1 Å². The van der Waals surface area contributed by atoms with Gasteiger partial charge in [-0.3, -0.25) is 4.79 Å². The van der Waals surface area contributed by atoms with Crippen LogP contribution in [0.3, 0.4) is 0 Å². The summed E-state index contributed by atoms with van der Waals surface area (Å²) in [4.78, 5) is 12.0. The van der Waals surface area contributed by atoms with Crippen LogP contribution in [-0.2, 0) is 19.6 Å². The van der Waals surface area contributed by atoms with Crippen molar-refractivity contribution in [2.75, 3.05) is 38.2 Å². The molecule has 0 atom stereocenters. The number of benzene rings is 2. The summed E-state index contributed by atoms with van der Waals surface area (Å²) >= 11 is 5.97. The van der Waals surface area contributed by atoms with Crippen molar-refractivity contribution >= 4 is 33.2 Å². The summed E-state index contributed by atoms with van der Waals surface area (Å²) in [5.41, 5.74) is 0.396. The zero-order chi connectivity index (χ0) is 20.1. The Bertz CT molecular complexity index is 947. The first kappa shape index (κ1) is 20.5. The summed E-state index contributed by atoms with van der Waals surface area (Å²) < 4.78 is 50.7. The van der Waals surface area contributed by atoms with E-state index in [1.165, 1.54) is 46.8 Å². The Labute approximate surface area is 167 Å². The van der Waals surface area contributed by atoms with Crippen LogP contribution in [0.25, 0.3) is 0 Å². The van der Waals surface area contributed by atoms with E-state index in [-0.39, 0.29) is 28.8 Å². The second kappa shape index (κ2) is 8.87. The van der Waals surface area contributed by atoms with Gasteiger partial charge < -0.3 is 14.8 Å². The van der Waals surface area contributed by atoms with Gasteiger partial charge in [-0.2, -0.15) is 4.31 Å². The average molecular weight is 429 g/mol. The van der Waals surface area contributed by atoms with Gasteiger partial charge in [0.1, 0.15) is 16.5 Å². The quantitative estimate of drug-likeness (QED) is 0.764. The SMILES string of the molecule is O=C(COc1ccc(Cl)cc1S(=O)(=O)N1CCOCC1)Nc1ccc(F)cc1. The molecule has 150 valence electrons. The zero-order valence-corrected chi connectivity index (χ0v) is 16.3. The lowest BCUT2D eigenvalue weighted by atomic mass is 10.3. The Morgan fingerprint density at radius 1 is 1.18 bits per heavy atom. The Balaban J connectivity index is 1.73. The van der Waals surface area contributed by atoms with Crippen molar-refractivity contribution in [3.8, 4) is 5.75 Å². The molecule has 0 saturated carbocycles. The summed E-state index contributed by atoms with van der Waals surface area (Å²) in [6.45, 7) is 0.620. The molecule has 3 rings (SSSR count). The molecule has 0 radical (unpaired) electrons. The van der Waals surface area contributed by atoms with Crippen molar-refractivity contribution in [1.29, 1.82) is 0 Å². The van der Waals surface area contributed by atoms with Crippen molar-refractivity contribution in [3.63, 3.8) is 0 Å². The van der Waals surface area contributed by atoms with E-state index in [2.05, 4.69) is 5.32 Å². The Hall–Kier alpha value is -2.20. The van der Waals surface area contributed by atoms with Gasteiger partial charge in [-0.15, -0.1) is 0 Å². The Morgan fingerprint density at radius 3 is 2.54 bits per heavy atom. The molecule has 28 heavy (non-hydrogen) atoms. The van der Waals surface area contributed by atoms with Crippen LogP contribution in [0.4, 0.5) is 10.1 Å². The highest BCUT2D eigenvalue weighted by Gasteiger charge is 2.29. The topological polar surface area (TPSA) is 84.9 Å². The number of morpholine rings is 1. The number of hydrogen-bond donors (Lipinski definition) is 1. The number of anilines is 1. The van der Waals surface area contributed by atoms with E-state index in [4.69, 9.17) is 21.1 Å². The fraction of sp³-hybridized carbons (Fsp3) is 0.278. The number of carbonyl (C=O) groups excluding carboxylic acids is 1. The van der Waals surface area contributed by atoms with E-state index in [9.17, 15) is 17.6 Å². The molecule has 1 N–H and O–H groups in total. The van der Waals surface area contributed by atoms with Gasteiger partial charge in [-0.05, 0) is 42.5 Å². The molecule has 0 spiro atoms. The lowest BCUT2D eigenvalue weighted by Crippen LogP contribution is -2.40. The average Bonchev–Trinajstić information content (AvgIpc) is 2.69. The Morgan fingerprint density at radius 2 is 1.86 bits per heavy atom. The van der Waals surface area contributed by atoms with Gasteiger partial charge in [-0.1, -0.05) is 11.6 Å². The maximum absolute atomic E-state index is 12.9. The summed E-state index contributed by atoms with van der Waals surface area (Å²) in [7, 11) is -3.86. The molecule has 7 nitrogen and oxygen atoms in total. The van der Waals surface area contributed by atoms with Crippen molar-refractivity contribution in [3.05, 3.63) is 53.3 Å². The first-order valence-electron chi connectivity index (χ1n) is 8.42. The minimum absolute atomic E-state index is 0.0187. The zero-order valence-electron chi connectivity index (χ0n) is 14.7. The van der Waals surface area contributed by atoms with Crippen molar-refractivity contribution in [2.45, 2.75) is 4.90 Å². The van der Waals surface area contributed by atoms with Gasteiger partial charge in [0.05, 0.1) is 13.2 Å². The predicted octanol–water partition coefficient (Wildman–Crippen LogP) is 2.52. The molecule has 1 fully saturated rings. The lowest BCUT2D eigenvalue weighted by molar-refractivity contribution is -0.118. The molecule has 1 aliphatic heterocycles. The minimum atomic E-state index is -3.86. The number of nitrogens with zero attached hydrogens (tertiary/aromatic N) is 1. The fourth-order valence-electron chi connectivity index (χ4n) is 2.60. The molecule has 2 aromatic rings. The maximum Gasteiger partial charge on any atom is 0.262 e. The third-order valence-electron chi connectivity index (χ3n) is 3.98.